The molecule has 0 atom stereocenters. The summed E-state index contributed by atoms with van der Waals surface area (Å²) in [5.41, 5.74) is 5.73. The van der Waals surface area contributed by atoms with Gasteiger partial charge in [-0.25, -0.2) is 9.97 Å². The summed E-state index contributed by atoms with van der Waals surface area (Å²) in [6.45, 7) is 12.8. The highest BCUT2D eigenvalue weighted by Crippen LogP contribution is 2.31. The predicted octanol–water partition coefficient (Wildman–Crippen LogP) is 4.41. The van der Waals surface area contributed by atoms with Crippen molar-refractivity contribution in [1.29, 1.82) is 0 Å². The molecular formula is C18H25N3. The molecule has 112 valence electrons. The van der Waals surface area contributed by atoms with Gasteiger partial charge >= 0.3 is 0 Å². The molecule has 0 aliphatic heterocycles. The Bertz CT molecular complexity index is 667. The molecule has 1 N–H and O–H groups in total. The second kappa shape index (κ2) is 5.47. The molecule has 0 fully saturated rings. The van der Waals surface area contributed by atoms with Crippen molar-refractivity contribution in [3.63, 3.8) is 0 Å². The van der Waals surface area contributed by atoms with Gasteiger partial charge in [0.25, 0.3) is 0 Å². The van der Waals surface area contributed by atoms with Crippen LogP contribution >= 0.6 is 0 Å². The maximum absolute atomic E-state index is 4.87. The minimum absolute atomic E-state index is 0.0776. The molecule has 0 bridgehead atoms. The van der Waals surface area contributed by atoms with Gasteiger partial charge in [0.1, 0.15) is 11.6 Å². The molecule has 2 rings (SSSR count). The first-order valence-electron chi connectivity index (χ1n) is 7.38. The van der Waals surface area contributed by atoms with Gasteiger partial charge in [-0.3, -0.25) is 0 Å². The van der Waals surface area contributed by atoms with E-state index in [-0.39, 0.29) is 5.41 Å². The van der Waals surface area contributed by atoms with Crippen molar-refractivity contribution < 1.29 is 0 Å². The van der Waals surface area contributed by atoms with Crippen molar-refractivity contribution in [3.8, 4) is 11.3 Å². The maximum atomic E-state index is 4.87. The Morgan fingerprint density at radius 1 is 1.00 bits per heavy atom. The molecule has 0 radical (unpaired) electrons. The van der Waals surface area contributed by atoms with E-state index in [4.69, 9.17) is 4.98 Å². The van der Waals surface area contributed by atoms with E-state index in [0.29, 0.717) is 0 Å². The fourth-order valence-electron chi connectivity index (χ4n) is 2.35. The van der Waals surface area contributed by atoms with Gasteiger partial charge < -0.3 is 5.32 Å². The van der Waals surface area contributed by atoms with E-state index in [1.54, 1.807) is 0 Å². The van der Waals surface area contributed by atoms with Gasteiger partial charge in [-0.1, -0.05) is 38.5 Å². The van der Waals surface area contributed by atoms with Gasteiger partial charge in [-0.05, 0) is 32.4 Å². The minimum atomic E-state index is -0.0776. The lowest BCUT2D eigenvalue weighted by molar-refractivity contribution is 0.546. The third kappa shape index (κ3) is 3.07. The van der Waals surface area contributed by atoms with E-state index < -0.39 is 0 Å². The molecule has 21 heavy (non-hydrogen) atoms. The van der Waals surface area contributed by atoms with Crippen molar-refractivity contribution >= 4 is 5.82 Å². The molecule has 0 aliphatic carbocycles. The zero-order valence-electron chi connectivity index (χ0n) is 14.1. The average molecular weight is 283 g/mol. The number of hydrogen-bond donors (Lipinski definition) is 1. The fraction of sp³-hybridized carbons (Fsp3) is 0.444. The number of benzene rings is 1. The van der Waals surface area contributed by atoms with Crippen molar-refractivity contribution in [3.05, 3.63) is 40.7 Å². The van der Waals surface area contributed by atoms with Gasteiger partial charge in [0.05, 0.1) is 5.69 Å². The standard InChI is InChI=1S/C18H25N3/c1-11-8-9-12(2)14(10-11)15-13(3)16(19-7)21-17(20-15)18(4,5)6/h8-10H,1-7H3,(H,19,20,21). The highest BCUT2D eigenvalue weighted by atomic mass is 15.0. The number of aryl methyl sites for hydroxylation is 2. The van der Waals surface area contributed by atoms with Crippen LogP contribution in [0.3, 0.4) is 0 Å². The summed E-state index contributed by atoms with van der Waals surface area (Å²) in [6.07, 6.45) is 0. The average Bonchev–Trinajstić information content (AvgIpc) is 2.40. The fourth-order valence-corrected chi connectivity index (χ4v) is 2.35. The van der Waals surface area contributed by atoms with Crippen molar-refractivity contribution in [2.45, 2.75) is 47.0 Å². The minimum Gasteiger partial charge on any atom is -0.373 e. The van der Waals surface area contributed by atoms with Crippen LogP contribution in [0.1, 0.15) is 43.3 Å². The van der Waals surface area contributed by atoms with Crippen molar-refractivity contribution in [2.24, 2.45) is 0 Å². The summed E-state index contributed by atoms with van der Waals surface area (Å²) in [7, 11) is 1.91. The Labute approximate surface area is 127 Å². The number of nitrogens with zero attached hydrogens (tertiary/aromatic N) is 2. The first-order chi connectivity index (χ1) is 9.74. The summed E-state index contributed by atoms with van der Waals surface area (Å²) < 4.78 is 0. The zero-order valence-corrected chi connectivity index (χ0v) is 14.1. The molecule has 0 saturated carbocycles. The summed E-state index contributed by atoms with van der Waals surface area (Å²) >= 11 is 0. The smallest absolute Gasteiger partial charge is 0.136 e. The van der Waals surface area contributed by atoms with Crippen LogP contribution in [0.4, 0.5) is 5.82 Å². The number of rotatable bonds is 2. The quantitative estimate of drug-likeness (QED) is 0.887. The second-order valence-corrected chi connectivity index (χ2v) is 6.69. The van der Waals surface area contributed by atoms with Crippen LogP contribution in [0.25, 0.3) is 11.3 Å². The van der Waals surface area contributed by atoms with Crippen LogP contribution in [0.15, 0.2) is 18.2 Å². The van der Waals surface area contributed by atoms with E-state index >= 15 is 0 Å². The first-order valence-corrected chi connectivity index (χ1v) is 7.38. The predicted molar refractivity (Wildman–Crippen MR) is 89.9 cm³/mol. The monoisotopic (exact) mass is 283 g/mol. The Morgan fingerprint density at radius 2 is 1.67 bits per heavy atom. The largest absolute Gasteiger partial charge is 0.373 e. The van der Waals surface area contributed by atoms with E-state index in [9.17, 15) is 0 Å². The van der Waals surface area contributed by atoms with Crippen molar-refractivity contribution in [1.82, 2.24) is 9.97 Å². The first kappa shape index (κ1) is 15.5. The summed E-state index contributed by atoms with van der Waals surface area (Å²) in [5.74, 6) is 1.78. The molecule has 0 aliphatic rings. The Hall–Kier alpha value is -1.90. The third-order valence-corrected chi connectivity index (χ3v) is 3.70. The van der Waals surface area contributed by atoms with Gasteiger partial charge in [-0.2, -0.15) is 0 Å². The number of aromatic nitrogens is 2. The van der Waals surface area contributed by atoms with E-state index in [2.05, 4.69) is 70.0 Å². The number of hydrogen-bond acceptors (Lipinski definition) is 3. The van der Waals surface area contributed by atoms with Gasteiger partial charge in [0, 0.05) is 23.6 Å². The lowest BCUT2D eigenvalue weighted by atomic mass is 9.94. The van der Waals surface area contributed by atoms with Crippen LogP contribution < -0.4 is 5.32 Å². The van der Waals surface area contributed by atoms with Crippen LogP contribution in [-0.4, -0.2) is 17.0 Å². The normalized spacial score (nSPS) is 11.6. The third-order valence-electron chi connectivity index (χ3n) is 3.70. The van der Waals surface area contributed by atoms with Crippen molar-refractivity contribution in [2.75, 3.05) is 12.4 Å². The van der Waals surface area contributed by atoms with E-state index in [1.165, 1.54) is 16.7 Å². The molecule has 0 saturated heterocycles. The lowest BCUT2D eigenvalue weighted by Crippen LogP contribution is -2.18. The Morgan fingerprint density at radius 3 is 2.24 bits per heavy atom. The molecule has 3 nitrogen and oxygen atoms in total. The molecule has 0 spiro atoms. The lowest BCUT2D eigenvalue weighted by Gasteiger charge is -2.21. The van der Waals surface area contributed by atoms with Crippen LogP contribution in [0, 0.1) is 20.8 Å². The second-order valence-electron chi connectivity index (χ2n) is 6.69. The summed E-state index contributed by atoms with van der Waals surface area (Å²) in [5, 5.41) is 3.20. The van der Waals surface area contributed by atoms with Gasteiger partial charge in [0.2, 0.25) is 0 Å². The van der Waals surface area contributed by atoms with Crippen LogP contribution in [0.5, 0.6) is 0 Å². The molecule has 0 unspecified atom stereocenters. The Balaban J connectivity index is 2.75. The molecule has 1 aromatic carbocycles. The highest BCUT2D eigenvalue weighted by molar-refractivity contribution is 5.71. The highest BCUT2D eigenvalue weighted by Gasteiger charge is 2.22. The molecule has 1 heterocycles. The van der Waals surface area contributed by atoms with Gasteiger partial charge in [-0.15, -0.1) is 0 Å². The SMILES string of the molecule is CNc1nc(C(C)(C)C)nc(-c2cc(C)ccc2C)c1C. The molecule has 0 amide bonds. The molecular weight excluding hydrogens is 258 g/mol. The topological polar surface area (TPSA) is 37.8 Å². The maximum Gasteiger partial charge on any atom is 0.136 e. The molecule has 3 heteroatoms. The van der Waals surface area contributed by atoms with E-state index in [1.807, 2.05) is 7.05 Å². The zero-order chi connectivity index (χ0) is 15.8. The number of anilines is 1. The summed E-state index contributed by atoms with van der Waals surface area (Å²) in [6, 6.07) is 6.50. The number of nitrogens with one attached hydrogen (secondary N) is 1. The van der Waals surface area contributed by atoms with Crippen LogP contribution in [0.2, 0.25) is 0 Å². The van der Waals surface area contributed by atoms with E-state index in [0.717, 1.165) is 22.9 Å². The van der Waals surface area contributed by atoms with Crippen LogP contribution in [-0.2, 0) is 5.41 Å². The van der Waals surface area contributed by atoms with Gasteiger partial charge in [0.15, 0.2) is 0 Å². The molecule has 1 aromatic heterocycles. The molecule has 2 aromatic rings. The summed E-state index contributed by atoms with van der Waals surface area (Å²) in [4.78, 5) is 9.55. The Kier molecular flexibility index (Phi) is 4.04.